The molecule has 2 saturated heterocycles. The van der Waals surface area contributed by atoms with Gasteiger partial charge in [-0.1, -0.05) is 102 Å². The summed E-state index contributed by atoms with van der Waals surface area (Å²) in [5.41, 5.74) is 9.34. The molecule has 1 amide bonds. The minimum atomic E-state index is -0.293. The molecular formula is C38H45NO4. The lowest BCUT2D eigenvalue weighted by molar-refractivity contribution is -0.0748. The molecule has 5 nitrogen and oxygen atoms in total. The molecule has 0 aromatic heterocycles. The van der Waals surface area contributed by atoms with Crippen LogP contribution >= 0.6 is 0 Å². The van der Waals surface area contributed by atoms with Crippen LogP contribution in [0, 0.1) is 5.92 Å². The highest BCUT2D eigenvalue weighted by atomic mass is 16.6. The fraction of sp³-hybridized carbons (Fsp3) is 0.474. The second-order valence-electron chi connectivity index (χ2n) is 13.6. The first kappa shape index (κ1) is 29.6. The van der Waals surface area contributed by atoms with E-state index in [2.05, 4.69) is 102 Å². The monoisotopic (exact) mass is 579 g/mol. The van der Waals surface area contributed by atoms with Crippen LogP contribution < -0.4 is 0 Å². The summed E-state index contributed by atoms with van der Waals surface area (Å²) >= 11 is 0. The van der Waals surface area contributed by atoms with Gasteiger partial charge >= 0.3 is 6.09 Å². The van der Waals surface area contributed by atoms with Crippen molar-refractivity contribution < 1.29 is 19.1 Å². The Labute approximate surface area is 256 Å². The molecule has 3 aliphatic rings. The van der Waals surface area contributed by atoms with Crippen molar-refractivity contribution in [3.05, 3.63) is 94.0 Å². The highest BCUT2D eigenvalue weighted by Crippen LogP contribution is 2.45. The Bertz CT molecular complexity index is 1430. The summed E-state index contributed by atoms with van der Waals surface area (Å²) in [6.07, 6.45) is 0.902. The van der Waals surface area contributed by atoms with Crippen molar-refractivity contribution in [2.45, 2.75) is 90.1 Å². The van der Waals surface area contributed by atoms with Crippen LogP contribution in [-0.2, 0) is 9.47 Å². The zero-order valence-electron chi connectivity index (χ0n) is 26.4. The summed E-state index contributed by atoms with van der Waals surface area (Å²) in [5, 5.41) is 0. The van der Waals surface area contributed by atoms with Gasteiger partial charge in [-0.25, -0.2) is 4.79 Å². The number of nitrogens with zero attached hydrogens (tertiary/aromatic N) is 1. The number of Topliss-reactive ketones (excluding diaryl/α,β-unsaturated/α-hetero) is 1. The molecule has 5 heteroatoms. The van der Waals surface area contributed by atoms with Gasteiger partial charge in [0.25, 0.3) is 0 Å². The highest BCUT2D eigenvalue weighted by Gasteiger charge is 2.45. The fourth-order valence-electron chi connectivity index (χ4n) is 7.54. The van der Waals surface area contributed by atoms with E-state index in [4.69, 9.17) is 9.47 Å². The molecule has 6 rings (SSSR count). The van der Waals surface area contributed by atoms with Crippen molar-refractivity contribution in [1.29, 1.82) is 0 Å². The zero-order chi connectivity index (χ0) is 30.4. The second-order valence-corrected chi connectivity index (χ2v) is 13.6. The summed E-state index contributed by atoms with van der Waals surface area (Å²) in [5.74, 6) is 1.00. The number of fused-ring (bicyclic) bond motifs is 5. The minimum absolute atomic E-state index is 0.0178. The molecule has 2 fully saturated rings. The lowest BCUT2D eigenvalue weighted by Gasteiger charge is -2.47. The van der Waals surface area contributed by atoms with Crippen LogP contribution in [0.5, 0.6) is 0 Å². The van der Waals surface area contributed by atoms with E-state index in [9.17, 15) is 9.59 Å². The number of hydrogen-bond donors (Lipinski definition) is 0. The van der Waals surface area contributed by atoms with Crippen LogP contribution in [0.1, 0.15) is 116 Å². The Morgan fingerprint density at radius 1 is 0.791 bits per heavy atom. The summed E-state index contributed by atoms with van der Waals surface area (Å²) in [6.45, 7) is 14.3. The van der Waals surface area contributed by atoms with E-state index in [1.165, 1.54) is 27.8 Å². The van der Waals surface area contributed by atoms with E-state index in [0.717, 1.165) is 16.7 Å². The largest absolute Gasteiger partial charge is 0.448 e. The molecule has 43 heavy (non-hydrogen) atoms. The molecule has 2 heterocycles. The number of ether oxygens (including phenoxy) is 2. The minimum Gasteiger partial charge on any atom is -0.448 e. The van der Waals surface area contributed by atoms with E-state index >= 15 is 0 Å². The van der Waals surface area contributed by atoms with Gasteiger partial charge in [0.05, 0.1) is 25.3 Å². The van der Waals surface area contributed by atoms with E-state index in [-0.39, 0.29) is 47.6 Å². The normalized spacial score (nSPS) is 21.3. The molecule has 0 spiro atoms. The van der Waals surface area contributed by atoms with Gasteiger partial charge in [-0.2, -0.15) is 0 Å². The third kappa shape index (κ3) is 5.42. The van der Waals surface area contributed by atoms with Crippen molar-refractivity contribution in [2.24, 2.45) is 5.92 Å². The quantitative estimate of drug-likeness (QED) is 0.263. The number of rotatable bonds is 7. The summed E-state index contributed by atoms with van der Waals surface area (Å²) in [4.78, 5) is 30.0. The zero-order valence-corrected chi connectivity index (χ0v) is 26.4. The average molecular weight is 580 g/mol. The number of carbonyl (C=O) groups is 2. The number of carbonyl (C=O) groups excluding carboxylic acids is 2. The maximum atomic E-state index is 14.4. The summed E-state index contributed by atoms with van der Waals surface area (Å²) in [6, 6.07) is 21.0. The van der Waals surface area contributed by atoms with Gasteiger partial charge in [-0.05, 0) is 69.5 Å². The lowest BCUT2D eigenvalue weighted by atomic mass is 9.75. The van der Waals surface area contributed by atoms with Crippen LogP contribution in [0.2, 0.25) is 0 Å². The van der Waals surface area contributed by atoms with Crippen LogP contribution in [0.15, 0.2) is 60.7 Å². The second kappa shape index (κ2) is 11.9. The Hall–Kier alpha value is -3.44. The van der Waals surface area contributed by atoms with Gasteiger partial charge in [0.1, 0.15) is 6.61 Å². The van der Waals surface area contributed by atoms with Gasteiger partial charge < -0.3 is 9.47 Å². The molecule has 2 unspecified atom stereocenters. The van der Waals surface area contributed by atoms with E-state index < -0.39 is 0 Å². The molecule has 0 radical (unpaired) electrons. The lowest BCUT2D eigenvalue weighted by Crippen LogP contribution is -2.60. The SMILES string of the molecule is CC(C)c1cc(C(C)C)c(C(=O)C2CC3COCC(C2)N3C(=O)OCC2c3ccccc3-c3ccccc32)c(C(C)C)c1. The van der Waals surface area contributed by atoms with Gasteiger partial charge in [-0.3, -0.25) is 9.69 Å². The molecule has 3 aromatic carbocycles. The third-order valence-electron chi connectivity index (χ3n) is 9.82. The first-order valence-corrected chi connectivity index (χ1v) is 16.1. The van der Waals surface area contributed by atoms with Crippen LogP contribution in [0.25, 0.3) is 11.1 Å². The number of piperidine rings is 1. The maximum Gasteiger partial charge on any atom is 0.410 e. The van der Waals surface area contributed by atoms with Crippen molar-refractivity contribution in [3.8, 4) is 11.1 Å². The number of morpholine rings is 1. The Balaban J connectivity index is 1.21. The number of benzene rings is 3. The smallest absolute Gasteiger partial charge is 0.410 e. The first-order chi connectivity index (χ1) is 20.7. The van der Waals surface area contributed by atoms with Gasteiger partial charge in [0.15, 0.2) is 5.78 Å². The number of ketones is 1. The van der Waals surface area contributed by atoms with E-state index in [1.807, 2.05) is 4.90 Å². The van der Waals surface area contributed by atoms with Crippen molar-refractivity contribution in [1.82, 2.24) is 4.90 Å². The first-order valence-electron chi connectivity index (χ1n) is 16.1. The van der Waals surface area contributed by atoms with E-state index in [1.54, 1.807) is 0 Å². The molecule has 226 valence electrons. The van der Waals surface area contributed by atoms with Gasteiger partial charge in [0, 0.05) is 17.4 Å². The van der Waals surface area contributed by atoms with E-state index in [0.29, 0.717) is 38.6 Å². The fourth-order valence-corrected chi connectivity index (χ4v) is 7.54. The topological polar surface area (TPSA) is 55.8 Å². The molecule has 2 atom stereocenters. The predicted octanol–water partition coefficient (Wildman–Crippen LogP) is 8.67. The molecule has 0 saturated carbocycles. The van der Waals surface area contributed by atoms with Crippen molar-refractivity contribution in [2.75, 3.05) is 19.8 Å². The van der Waals surface area contributed by atoms with Gasteiger partial charge in [0.2, 0.25) is 0 Å². The van der Waals surface area contributed by atoms with Crippen LogP contribution in [0.3, 0.4) is 0 Å². The molecule has 2 bridgehead atoms. The number of hydrogen-bond acceptors (Lipinski definition) is 4. The average Bonchev–Trinajstić information content (AvgIpc) is 3.31. The van der Waals surface area contributed by atoms with Crippen LogP contribution in [-0.4, -0.2) is 48.7 Å². The Morgan fingerprint density at radius 2 is 1.30 bits per heavy atom. The van der Waals surface area contributed by atoms with Gasteiger partial charge in [-0.15, -0.1) is 0 Å². The maximum absolute atomic E-state index is 14.4. The molecule has 2 aliphatic heterocycles. The third-order valence-corrected chi connectivity index (χ3v) is 9.82. The van der Waals surface area contributed by atoms with Crippen LogP contribution in [0.4, 0.5) is 4.79 Å². The Kier molecular flexibility index (Phi) is 8.21. The standard InChI is InChI=1S/C38H45NO4/c1-22(2)25-17-33(23(3)4)36(34(18-25)24(5)6)37(40)26-15-27-19-42-20-28(16-26)39(27)38(41)43-21-35-31-13-9-7-11-29(31)30-12-8-10-14-32(30)35/h7-14,17-18,22-24,26-28,35H,15-16,19-21H2,1-6H3. The predicted molar refractivity (Wildman–Crippen MR) is 171 cm³/mol. The summed E-state index contributed by atoms with van der Waals surface area (Å²) < 4.78 is 12.0. The molecule has 0 N–H and O–H groups in total. The molecule has 3 aromatic rings. The molecule has 1 aliphatic carbocycles. The van der Waals surface area contributed by atoms with Crippen molar-refractivity contribution >= 4 is 11.9 Å². The Morgan fingerprint density at radius 3 is 1.79 bits per heavy atom. The number of amides is 1. The van der Waals surface area contributed by atoms with Crippen molar-refractivity contribution in [3.63, 3.8) is 0 Å². The summed E-state index contributed by atoms with van der Waals surface area (Å²) in [7, 11) is 0. The molecular weight excluding hydrogens is 534 g/mol. The highest BCUT2D eigenvalue weighted by molar-refractivity contribution is 6.01.